The molecule has 1 fully saturated rings. The van der Waals surface area contributed by atoms with E-state index in [2.05, 4.69) is 12.1 Å². The normalized spacial score (nSPS) is 15.6. The molecule has 1 saturated heterocycles. The zero-order chi connectivity index (χ0) is 20.1. The summed E-state index contributed by atoms with van der Waals surface area (Å²) in [5.74, 6) is 0.110. The molecule has 0 N–H and O–H groups in total. The summed E-state index contributed by atoms with van der Waals surface area (Å²) in [5, 5.41) is 0. The van der Waals surface area contributed by atoms with E-state index in [0.717, 1.165) is 24.0 Å². The maximum absolute atomic E-state index is 12.9. The third-order valence-corrected chi connectivity index (χ3v) is 7.30. The second kappa shape index (κ2) is 8.88. The molecule has 2 aromatic rings. The largest absolute Gasteiger partial charge is 0.340 e. The number of rotatable bonds is 6. The molecule has 0 aliphatic carbocycles. The molecule has 1 aliphatic heterocycles. The lowest BCUT2D eigenvalue weighted by molar-refractivity contribution is -0.132. The average Bonchev–Trinajstić information content (AvgIpc) is 2.71. The maximum Gasteiger partial charge on any atom is 0.243 e. The summed E-state index contributed by atoms with van der Waals surface area (Å²) in [6, 6.07) is 15.4. The van der Waals surface area contributed by atoms with E-state index >= 15 is 0 Å². The van der Waals surface area contributed by atoms with Crippen LogP contribution in [0.15, 0.2) is 53.4 Å². The fourth-order valence-corrected chi connectivity index (χ4v) is 4.96. The second-order valence-electron chi connectivity index (χ2n) is 7.37. The molecule has 0 unspecified atom stereocenters. The Morgan fingerprint density at radius 2 is 1.61 bits per heavy atom. The van der Waals surface area contributed by atoms with Gasteiger partial charge in [0.1, 0.15) is 0 Å². The van der Waals surface area contributed by atoms with Crippen LogP contribution in [0.2, 0.25) is 0 Å². The molecule has 0 spiro atoms. The number of benzene rings is 2. The van der Waals surface area contributed by atoms with Crippen molar-refractivity contribution in [3.05, 3.63) is 65.2 Å². The van der Waals surface area contributed by atoms with Crippen LogP contribution in [-0.2, 0) is 21.2 Å². The molecule has 0 aromatic heterocycles. The molecule has 28 heavy (non-hydrogen) atoms. The van der Waals surface area contributed by atoms with Gasteiger partial charge in [0.25, 0.3) is 0 Å². The molecule has 150 valence electrons. The third kappa shape index (κ3) is 4.80. The molecular formula is C22H28N2O3S. The fourth-order valence-electron chi connectivity index (χ4n) is 3.45. The summed E-state index contributed by atoms with van der Waals surface area (Å²) in [7, 11) is -3.51. The topological polar surface area (TPSA) is 57.7 Å². The highest BCUT2D eigenvalue weighted by molar-refractivity contribution is 7.89. The van der Waals surface area contributed by atoms with Gasteiger partial charge in [0.15, 0.2) is 0 Å². The summed E-state index contributed by atoms with van der Waals surface area (Å²) < 4.78 is 27.2. The van der Waals surface area contributed by atoms with Gasteiger partial charge in [-0.2, -0.15) is 4.31 Å². The van der Waals surface area contributed by atoms with Crippen molar-refractivity contribution in [1.82, 2.24) is 9.21 Å². The van der Waals surface area contributed by atoms with Gasteiger partial charge >= 0.3 is 0 Å². The highest BCUT2D eigenvalue weighted by Gasteiger charge is 2.30. The Hall–Kier alpha value is -2.18. The molecule has 6 heteroatoms. The number of amides is 1. The molecule has 0 saturated carbocycles. The average molecular weight is 401 g/mol. The first-order valence-corrected chi connectivity index (χ1v) is 11.2. The van der Waals surface area contributed by atoms with Crippen LogP contribution in [0.25, 0.3) is 0 Å². The molecular weight excluding hydrogens is 372 g/mol. The van der Waals surface area contributed by atoms with Crippen molar-refractivity contribution >= 4 is 15.9 Å². The number of hydrogen-bond acceptors (Lipinski definition) is 3. The van der Waals surface area contributed by atoms with Crippen molar-refractivity contribution in [3.63, 3.8) is 0 Å². The Kier molecular flexibility index (Phi) is 6.52. The van der Waals surface area contributed by atoms with Crippen LogP contribution >= 0.6 is 0 Å². The van der Waals surface area contributed by atoms with Crippen molar-refractivity contribution in [2.45, 2.75) is 38.0 Å². The van der Waals surface area contributed by atoms with E-state index < -0.39 is 10.0 Å². The van der Waals surface area contributed by atoms with Gasteiger partial charge in [-0.25, -0.2) is 8.42 Å². The van der Waals surface area contributed by atoms with Gasteiger partial charge in [-0.3, -0.25) is 4.79 Å². The number of aryl methyl sites for hydroxylation is 3. The van der Waals surface area contributed by atoms with E-state index in [0.29, 0.717) is 37.5 Å². The quantitative estimate of drug-likeness (QED) is 0.748. The van der Waals surface area contributed by atoms with E-state index in [-0.39, 0.29) is 5.91 Å². The van der Waals surface area contributed by atoms with Gasteiger partial charge in [0, 0.05) is 32.6 Å². The number of carbonyl (C=O) groups excluding carboxylic acids is 1. The molecule has 5 nitrogen and oxygen atoms in total. The fraction of sp³-hybridized carbons (Fsp3) is 0.409. The van der Waals surface area contributed by atoms with Crippen molar-refractivity contribution in [3.8, 4) is 0 Å². The first-order valence-electron chi connectivity index (χ1n) is 9.77. The highest BCUT2D eigenvalue weighted by atomic mass is 32.2. The standard InChI is InChI=1S/C22H28N2O3S/c1-18-11-12-21(17-19(18)2)28(26,27)24-15-13-23(14-16-24)22(25)10-6-9-20-7-4-3-5-8-20/h3-5,7-8,11-12,17H,6,9-10,13-16H2,1-2H3. The number of hydrogen-bond donors (Lipinski definition) is 0. The van der Waals surface area contributed by atoms with Crippen LogP contribution in [0.5, 0.6) is 0 Å². The van der Waals surface area contributed by atoms with Gasteiger partial charge in [-0.15, -0.1) is 0 Å². The second-order valence-corrected chi connectivity index (χ2v) is 9.31. The number of sulfonamides is 1. The Labute approximate surface area is 168 Å². The minimum Gasteiger partial charge on any atom is -0.340 e. The smallest absolute Gasteiger partial charge is 0.243 e. The van der Waals surface area contributed by atoms with Crippen LogP contribution in [-0.4, -0.2) is 49.7 Å². The number of nitrogens with zero attached hydrogens (tertiary/aromatic N) is 2. The van der Waals surface area contributed by atoms with Crippen molar-refractivity contribution in [1.29, 1.82) is 0 Å². The molecule has 0 atom stereocenters. The Morgan fingerprint density at radius 1 is 0.929 bits per heavy atom. The van der Waals surface area contributed by atoms with Crippen LogP contribution in [0.4, 0.5) is 0 Å². The van der Waals surface area contributed by atoms with Crippen LogP contribution in [0.3, 0.4) is 0 Å². The number of piperazine rings is 1. The molecule has 1 heterocycles. The molecule has 0 bridgehead atoms. The Bertz CT molecular complexity index is 918. The van der Waals surface area contributed by atoms with E-state index in [1.807, 2.05) is 38.1 Å². The first kappa shape index (κ1) is 20.6. The molecule has 1 amide bonds. The maximum atomic E-state index is 12.9. The molecule has 1 aliphatic rings. The van der Waals surface area contributed by atoms with Crippen LogP contribution in [0.1, 0.15) is 29.5 Å². The zero-order valence-corrected chi connectivity index (χ0v) is 17.4. The van der Waals surface area contributed by atoms with Gasteiger partial charge in [0.05, 0.1) is 4.90 Å². The monoisotopic (exact) mass is 400 g/mol. The predicted octanol–water partition coefficient (Wildman–Crippen LogP) is 3.16. The summed E-state index contributed by atoms with van der Waals surface area (Å²) in [6.07, 6.45) is 2.19. The zero-order valence-electron chi connectivity index (χ0n) is 16.6. The van der Waals surface area contributed by atoms with Crippen LogP contribution < -0.4 is 0 Å². The summed E-state index contributed by atoms with van der Waals surface area (Å²) in [6.45, 7) is 5.48. The predicted molar refractivity (Wildman–Crippen MR) is 111 cm³/mol. The minimum atomic E-state index is -3.51. The minimum absolute atomic E-state index is 0.110. The summed E-state index contributed by atoms with van der Waals surface area (Å²) >= 11 is 0. The van der Waals surface area contributed by atoms with Gasteiger partial charge in [0.2, 0.25) is 15.9 Å². The molecule has 3 rings (SSSR count). The van der Waals surface area contributed by atoms with E-state index in [1.54, 1.807) is 17.0 Å². The van der Waals surface area contributed by atoms with Gasteiger partial charge in [-0.1, -0.05) is 36.4 Å². The SMILES string of the molecule is Cc1ccc(S(=O)(=O)N2CCN(C(=O)CCCc3ccccc3)CC2)cc1C. The molecule has 2 aromatic carbocycles. The van der Waals surface area contributed by atoms with Crippen molar-refractivity contribution < 1.29 is 13.2 Å². The lowest BCUT2D eigenvalue weighted by Gasteiger charge is -2.34. The lowest BCUT2D eigenvalue weighted by atomic mass is 10.1. The first-order chi connectivity index (χ1) is 13.4. The summed E-state index contributed by atoms with van der Waals surface area (Å²) in [4.78, 5) is 14.6. The van der Waals surface area contributed by atoms with Gasteiger partial charge < -0.3 is 4.90 Å². The van der Waals surface area contributed by atoms with E-state index in [1.165, 1.54) is 9.87 Å². The number of carbonyl (C=O) groups is 1. The molecule has 0 radical (unpaired) electrons. The Balaban J connectivity index is 1.52. The van der Waals surface area contributed by atoms with E-state index in [4.69, 9.17) is 0 Å². The van der Waals surface area contributed by atoms with E-state index in [9.17, 15) is 13.2 Å². The summed E-state index contributed by atoms with van der Waals surface area (Å²) in [5.41, 5.74) is 3.28. The van der Waals surface area contributed by atoms with Crippen molar-refractivity contribution in [2.24, 2.45) is 0 Å². The van der Waals surface area contributed by atoms with Crippen molar-refractivity contribution in [2.75, 3.05) is 26.2 Å². The lowest BCUT2D eigenvalue weighted by Crippen LogP contribution is -2.50. The third-order valence-electron chi connectivity index (χ3n) is 5.41. The Morgan fingerprint density at radius 3 is 2.25 bits per heavy atom. The van der Waals surface area contributed by atoms with Gasteiger partial charge in [-0.05, 0) is 55.5 Å². The highest BCUT2D eigenvalue weighted by Crippen LogP contribution is 2.21. The van der Waals surface area contributed by atoms with Crippen LogP contribution in [0, 0.1) is 13.8 Å².